The van der Waals surface area contributed by atoms with Crippen LogP contribution in [0.1, 0.15) is 11.0 Å². The van der Waals surface area contributed by atoms with Crippen molar-refractivity contribution in [2.24, 2.45) is 0 Å². The Labute approximate surface area is 141 Å². The molecule has 4 aromatic rings. The lowest BCUT2D eigenvalue weighted by Crippen LogP contribution is -2.12. The molecule has 4 heterocycles. The zero-order valence-electron chi connectivity index (χ0n) is 12.6. The number of fused-ring (bicyclic) bond motifs is 1. The molecule has 0 bridgehead atoms. The number of aliphatic hydroxyl groups is 1. The van der Waals surface area contributed by atoms with E-state index in [2.05, 4.69) is 20.3 Å². The first-order valence-electron chi connectivity index (χ1n) is 7.40. The number of hydrogen-bond acceptors (Lipinski definition) is 7. The second-order valence-corrected chi connectivity index (χ2v) is 6.17. The van der Waals surface area contributed by atoms with Crippen LogP contribution >= 0.6 is 11.3 Å². The minimum Gasteiger partial charge on any atom is -0.464 e. The lowest BCUT2D eigenvalue weighted by Gasteiger charge is -2.11. The highest BCUT2D eigenvalue weighted by Gasteiger charge is 2.13. The van der Waals surface area contributed by atoms with Gasteiger partial charge in [0.2, 0.25) is 0 Å². The Morgan fingerprint density at radius 1 is 1.29 bits per heavy atom. The van der Waals surface area contributed by atoms with Gasteiger partial charge >= 0.3 is 0 Å². The number of anilines is 1. The van der Waals surface area contributed by atoms with Gasteiger partial charge in [-0.1, -0.05) is 0 Å². The summed E-state index contributed by atoms with van der Waals surface area (Å²) in [5, 5.41) is 16.5. The maximum Gasteiger partial charge on any atom is 0.137 e. The Hall–Kier alpha value is -2.77. The van der Waals surface area contributed by atoms with E-state index >= 15 is 0 Å². The highest BCUT2D eigenvalue weighted by Crippen LogP contribution is 2.30. The third-order valence-electron chi connectivity index (χ3n) is 3.66. The van der Waals surface area contributed by atoms with Crippen molar-refractivity contribution in [1.82, 2.24) is 15.0 Å². The van der Waals surface area contributed by atoms with Gasteiger partial charge in [0.05, 0.1) is 18.0 Å². The highest BCUT2D eigenvalue weighted by molar-refractivity contribution is 7.10. The molecule has 1 unspecified atom stereocenters. The molecule has 0 aromatic carbocycles. The summed E-state index contributed by atoms with van der Waals surface area (Å²) in [7, 11) is 0. The van der Waals surface area contributed by atoms with Crippen LogP contribution in [0.5, 0.6) is 0 Å². The average molecular weight is 338 g/mol. The molecule has 6 nitrogen and oxygen atoms in total. The molecule has 0 aliphatic rings. The molecule has 0 aliphatic heterocycles. The van der Waals surface area contributed by atoms with E-state index in [1.165, 1.54) is 17.7 Å². The van der Waals surface area contributed by atoms with Crippen molar-refractivity contribution in [1.29, 1.82) is 0 Å². The molecular weight excluding hydrogens is 324 g/mol. The number of aliphatic hydroxyl groups excluding tert-OH is 1. The molecule has 120 valence electrons. The van der Waals surface area contributed by atoms with Crippen LogP contribution in [0.3, 0.4) is 0 Å². The Morgan fingerprint density at radius 3 is 3.12 bits per heavy atom. The number of rotatable bonds is 5. The smallest absolute Gasteiger partial charge is 0.137 e. The van der Waals surface area contributed by atoms with Crippen LogP contribution in [-0.2, 0) is 0 Å². The number of furan rings is 1. The molecule has 2 N–H and O–H groups in total. The zero-order valence-corrected chi connectivity index (χ0v) is 13.4. The second kappa shape index (κ2) is 6.38. The molecule has 0 spiro atoms. The first-order valence-corrected chi connectivity index (χ1v) is 8.28. The van der Waals surface area contributed by atoms with Crippen molar-refractivity contribution in [3.05, 3.63) is 59.5 Å². The van der Waals surface area contributed by atoms with Gasteiger partial charge in [0.25, 0.3) is 0 Å². The second-order valence-electron chi connectivity index (χ2n) is 5.23. The first kappa shape index (κ1) is 14.8. The summed E-state index contributed by atoms with van der Waals surface area (Å²) < 4.78 is 5.38. The van der Waals surface area contributed by atoms with E-state index in [0.717, 1.165) is 27.1 Å². The van der Waals surface area contributed by atoms with Gasteiger partial charge in [-0.2, -0.15) is 0 Å². The van der Waals surface area contributed by atoms with Crippen LogP contribution in [0, 0.1) is 0 Å². The molecule has 4 aromatic heterocycles. The topological polar surface area (TPSA) is 84.1 Å². The maximum atomic E-state index is 10.4. The van der Waals surface area contributed by atoms with Crippen molar-refractivity contribution in [3.8, 4) is 11.3 Å². The van der Waals surface area contributed by atoms with E-state index < -0.39 is 6.10 Å². The van der Waals surface area contributed by atoms with E-state index in [-0.39, 0.29) is 0 Å². The molecule has 0 aliphatic carbocycles. The molecule has 24 heavy (non-hydrogen) atoms. The summed E-state index contributed by atoms with van der Waals surface area (Å²) in [5.41, 5.74) is 1.73. The van der Waals surface area contributed by atoms with E-state index in [4.69, 9.17) is 4.42 Å². The summed E-state index contributed by atoms with van der Waals surface area (Å²) in [6, 6.07) is 7.54. The van der Waals surface area contributed by atoms with E-state index in [1.807, 2.05) is 29.6 Å². The van der Waals surface area contributed by atoms with Crippen LogP contribution in [0.25, 0.3) is 22.2 Å². The predicted molar refractivity (Wildman–Crippen MR) is 92.8 cm³/mol. The summed E-state index contributed by atoms with van der Waals surface area (Å²) in [6.07, 6.45) is 5.87. The van der Waals surface area contributed by atoms with Crippen LogP contribution in [0.2, 0.25) is 0 Å². The lowest BCUT2D eigenvalue weighted by atomic mass is 10.2. The molecule has 0 saturated heterocycles. The van der Waals surface area contributed by atoms with Crippen molar-refractivity contribution < 1.29 is 9.52 Å². The van der Waals surface area contributed by atoms with Crippen LogP contribution in [0.15, 0.2) is 59.0 Å². The minimum atomic E-state index is -0.634. The van der Waals surface area contributed by atoms with E-state index in [1.54, 1.807) is 18.7 Å². The average Bonchev–Trinajstić information content (AvgIpc) is 3.30. The largest absolute Gasteiger partial charge is 0.464 e. The molecule has 0 fully saturated rings. The molecule has 0 amide bonds. The molecule has 7 heteroatoms. The fourth-order valence-corrected chi connectivity index (χ4v) is 3.32. The summed E-state index contributed by atoms with van der Waals surface area (Å²) >= 11 is 1.50. The summed E-state index contributed by atoms with van der Waals surface area (Å²) in [4.78, 5) is 13.3. The van der Waals surface area contributed by atoms with Gasteiger partial charge < -0.3 is 14.8 Å². The molecule has 1 atom stereocenters. The van der Waals surface area contributed by atoms with Crippen LogP contribution < -0.4 is 5.32 Å². The summed E-state index contributed by atoms with van der Waals surface area (Å²) in [5.74, 6) is 1.48. The fraction of sp³-hybridized carbons (Fsp3) is 0.118. The first-order chi connectivity index (χ1) is 11.8. The summed E-state index contributed by atoms with van der Waals surface area (Å²) in [6.45, 7) is 0.354. The molecule has 0 radical (unpaired) electrons. The number of aromatic nitrogens is 3. The highest BCUT2D eigenvalue weighted by atomic mass is 32.1. The monoisotopic (exact) mass is 338 g/mol. The van der Waals surface area contributed by atoms with Crippen molar-refractivity contribution >= 4 is 28.1 Å². The SMILES string of the molecule is OC(CNc1ncnc2cnccc12)c1cc(-c2ccco2)cs1. The van der Waals surface area contributed by atoms with Gasteiger partial charge in [0, 0.05) is 33.9 Å². The number of thiophene rings is 1. The van der Waals surface area contributed by atoms with Gasteiger partial charge in [-0.3, -0.25) is 4.98 Å². The zero-order chi connectivity index (χ0) is 16.4. The van der Waals surface area contributed by atoms with E-state index in [0.29, 0.717) is 12.4 Å². The van der Waals surface area contributed by atoms with Gasteiger partial charge in [0.1, 0.15) is 24.0 Å². The number of pyridine rings is 1. The molecule has 0 saturated carbocycles. The lowest BCUT2D eigenvalue weighted by molar-refractivity contribution is 0.195. The van der Waals surface area contributed by atoms with E-state index in [9.17, 15) is 5.11 Å². The number of nitrogens with one attached hydrogen (secondary N) is 1. The van der Waals surface area contributed by atoms with Gasteiger partial charge in [-0.25, -0.2) is 9.97 Å². The maximum absolute atomic E-state index is 10.4. The third-order valence-corrected chi connectivity index (χ3v) is 4.69. The van der Waals surface area contributed by atoms with Crippen molar-refractivity contribution in [2.45, 2.75) is 6.10 Å². The minimum absolute atomic E-state index is 0.354. The standard InChI is InChI=1S/C17H14N4O2S/c22-14(16-6-11(9-24-16)15-2-1-5-23-15)8-19-17-12-3-4-18-7-13(12)20-10-21-17/h1-7,9-10,14,22H,8H2,(H,19,20,21). The van der Waals surface area contributed by atoms with Crippen LogP contribution in [-0.4, -0.2) is 26.6 Å². The number of hydrogen-bond donors (Lipinski definition) is 2. The third kappa shape index (κ3) is 2.86. The Kier molecular flexibility index (Phi) is 3.94. The Balaban J connectivity index is 1.49. The number of nitrogens with zero attached hydrogens (tertiary/aromatic N) is 3. The molecular formula is C17H14N4O2S. The Bertz CT molecular complexity index is 947. The quantitative estimate of drug-likeness (QED) is 0.579. The Morgan fingerprint density at radius 2 is 2.25 bits per heavy atom. The van der Waals surface area contributed by atoms with Gasteiger partial charge in [-0.05, 0) is 24.3 Å². The predicted octanol–water partition coefficient (Wildman–Crippen LogP) is 3.49. The fourth-order valence-electron chi connectivity index (χ4n) is 2.44. The molecule has 4 rings (SSSR count). The van der Waals surface area contributed by atoms with Gasteiger partial charge in [-0.15, -0.1) is 11.3 Å². The normalized spacial score (nSPS) is 12.4. The van der Waals surface area contributed by atoms with Crippen LogP contribution in [0.4, 0.5) is 5.82 Å². The van der Waals surface area contributed by atoms with Crippen molar-refractivity contribution in [3.63, 3.8) is 0 Å². The van der Waals surface area contributed by atoms with Crippen molar-refractivity contribution in [2.75, 3.05) is 11.9 Å². The van der Waals surface area contributed by atoms with Gasteiger partial charge in [0.15, 0.2) is 0 Å².